The zero-order valence-corrected chi connectivity index (χ0v) is 17.7. The van der Waals surface area contributed by atoms with Crippen LogP contribution in [0.5, 0.6) is 0 Å². The van der Waals surface area contributed by atoms with E-state index in [9.17, 15) is 0 Å². The summed E-state index contributed by atoms with van der Waals surface area (Å²) >= 11 is 0. The molecule has 0 aliphatic rings. The van der Waals surface area contributed by atoms with Crippen LogP contribution in [-0.2, 0) is 0 Å². The Hall–Kier alpha value is -0.520. The van der Waals surface area contributed by atoms with Crippen molar-refractivity contribution in [3.8, 4) is 0 Å². The first-order valence-corrected chi connectivity index (χ1v) is 11.7. The maximum atomic E-state index is 2.42. The van der Waals surface area contributed by atoms with Crippen LogP contribution in [0, 0.1) is 0 Å². The third kappa shape index (κ3) is 23.5. The molecule has 0 unspecified atom stereocenters. The Morgan fingerprint density at radius 3 is 0.880 bits per heavy atom. The van der Waals surface area contributed by atoms with Gasteiger partial charge >= 0.3 is 0 Å². The predicted octanol–water partition coefficient (Wildman–Crippen LogP) is 9.55. The Morgan fingerprint density at radius 2 is 0.560 bits per heavy atom. The predicted molar refractivity (Wildman–Crippen MR) is 117 cm³/mol. The molecule has 0 aromatic heterocycles. The molecule has 0 atom stereocenters. The van der Waals surface area contributed by atoms with Crippen molar-refractivity contribution in [2.45, 2.75) is 136 Å². The fraction of sp³-hybridized carbons (Fsp3) is 0.840. The van der Waals surface area contributed by atoms with Crippen LogP contribution in [0.25, 0.3) is 0 Å². The van der Waals surface area contributed by atoms with Crippen LogP contribution in [0.3, 0.4) is 0 Å². The molecule has 0 rings (SSSR count). The molecule has 148 valence electrons. The van der Waals surface area contributed by atoms with Crippen LogP contribution in [-0.4, -0.2) is 0 Å². The summed E-state index contributed by atoms with van der Waals surface area (Å²) in [6.45, 7) is 4.57. The molecule has 0 fully saturated rings. The Kier molecular flexibility index (Phi) is 23.0. The number of rotatable bonds is 20. The lowest BCUT2D eigenvalue weighted by molar-refractivity contribution is 0.599. The molecular formula is C25H48. The van der Waals surface area contributed by atoms with Gasteiger partial charge in [0, 0.05) is 0 Å². The Morgan fingerprint density at radius 1 is 0.320 bits per heavy atom. The first kappa shape index (κ1) is 24.5. The van der Waals surface area contributed by atoms with Gasteiger partial charge in [-0.2, -0.15) is 0 Å². The van der Waals surface area contributed by atoms with Gasteiger partial charge in [-0.25, -0.2) is 0 Å². The molecule has 0 aromatic carbocycles. The van der Waals surface area contributed by atoms with E-state index in [0.29, 0.717) is 0 Å². The van der Waals surface area contributed by atoms with Crippen LogP contribution < -0.4 is 0 Å². The SMILES string of the molecule is CCCCCCC=CCCCCCCCCC=CCCCCCCC. The molecule has 0 radical (unpaired) electrons. The smallest absolute Gasteiger partial charge is 0.0351 e. The van der Waals surface area contributed by atoms with Crippen LogP contribution in [0.1, 0.15) is 136 Å². The van der Waals surface area contributed by atoms with Gasteiger partial charge in [0.15, 0.2) is 0 Å². The summed E-state index contributed by atoms with van der Waals surface area (Å²) in [5.41, 5.74) is 0. The van der Waals surface area contributed by atoms with E-state index in [4.69, 9.17) is 0 Å². The Balaban J connectivity index is 3.10. The Labute approximate surface area is 160 Å². The van der Waals surface area contributed by atoms with Gasteiger partial charge in [-0.15, -0.1) is 0 Å². The highest BCUT2D eigenvalue weighted by atomic mass is 14.0. The lowest BCUT2D eigenvalue weighted by Gasteiger charge is -2.00. The van der Waals surface area contributed by atoms with E-state index in [-0.39, 0.29) is 0 Å². The van der Waals surface area contributed by atoms with E-state index in [1.54, 1.807) is 0 Å². The monoisotopic (exact) mass is 348 g/mol. The van der Waals surface area contributed by atoms with Crippen LogP contribution in [0.4, 0.5) is 0 Å². The molecular weight excluding hydrogens is 300 g/mol. The molecule has 0 bridgehead atoms. The molecule has 0 nitrogen and oxygen atoms in total. The van der Waals surface area contributed by atoms with Crippen molar-refractivity contribution in [1.82, 2.24) is 0 Å². The molecule has 0 aliphatic carbocycles. The maximum Gasteiger partial charge on any atom is -0.0351 e. The minimum atomic E-state index is 1.30. The van der Waals surface area contributed by atoms with Gasteiger partial charge in [0.05, 0.1) is 0 Å². The van der Waals surface area contributed by atoms with Crippen molar-refractivity contribution in [3.05, 3.63) is 24.3 Å². The van der Waals surface area contributed by atoms with E-state index in [0.717, 1.165) is 0 Å². The summed E-state index contributed by atoms with van der Waals surface area (Å²) in [4.78, 5) is 0. The third-order valence-corrected chi connectivity index (χ3v) is 5.02. The molecule has 0 N–H and O–H groups in total. The van der Waals surface area contributed by atoms with Gasteiger partial charge in [-0.3, -0.25) is 0 Å². The largest absolute Gasteiger partial charge is 0.0885 e. The van der Waals surface area contributed by atoms with Gasteiger partial charge in [-0.05, 0) is 51.4 Å². The number of hydrogen-bond donors (Lipinski definition) is 0. The molecule has 0 spiro atoms. The molecule has 0 amide bonds. The lowest BCUT2D eigenvalue weighted by Crippen LogP contribution is -1.80. The van der Waals surface area contributed by atoms with Gasteiger partial charge in [0.25, 0.3) is 0 Å². The van der Waals surface area contributed by atoms with Gasteiger partial charge in [0.2, 0.25) is 0 Å². The molecule has 0 saturated heterocycles. The minimum absolute atomic E-state index is 1.30. The van der Waals surface area contributed by atoms with Crippen LogP contribution >= 0.6 is 0 Å². The van der Waals surface area contributed by atoms with Gasteiger partial charge < -0.3 is 0 Å². The minimum Gasteiger partial charge on any atom is -0.0885 e. The topological polar surface area (TPSA) is 0 Å². The normalized spacial score (nSPS) is 11.9. The van der Waals surface area contributed by atoms with Crippen LogP contribution in [0.2, 0.25) is 0 Å². The fourth-order valence-corrected chi connectivity index (χ4v) is 3.26. The second-order valence-corrected chi connectivity index (χ2v) is 7.69. The van der Waals surface area contributed by atoms with Crippen molar-refractivity contribution in [3.63, 3.8) is 0 Å². The van der Waals surface area contributed by atoms with E-state index >= 15 is 0 Å². The summed E-state index contributed by atoms with van der Waals surface area (Å²) in [6.07, 6.45) is 35.9. The summed E-state index contributed by atoms with van der Waals surface area (Å²) in [6, 6.07) is 0. The van der Waals surface area contributed by atoms with E-state index in [1.807, 2.05) is 0 Å². The van der Waals surface area contributed by atoms with E-state index < -0.39 is 0 Å². The number of allylic oxidation sites excluding steroid dienone is 4. The zero-order valence-electron chi connectivity index (χ0n) is 17.7. The molecule has 25 heavy (non-hydrogen) atoms. The summed E-state index contributed by atoms with van der Waals surface area (Å²) in [7, 11) is 0. The summed E-state index contributed by atoms with van der Waals surface area (Å²) in [5.74, 6) is 0. The molecule has 0 heteroatoms. The van der Waals surface area contributed by atoms with E-state index in [2.05, 4.69) is 38.2 Å². The summed E-state index contributed by atoms with van der Waals surface area (Å²) < 4.78 is 0. The molecule has 0 aliphatic heterocycles. The highest BCUT2D eigenvalue weighted by Gasteiger charge is 1.91. The second-order valence-electron chi connectivity index (χ2n) is 7.69. The third-order valence-electron chi connectivity index (χ3n) is 5.02. The second kappa shape index (κ2) is 23.5. The van der Waals surface area contributed by atoms with Gasteiger partial charge in [0.1, 0.15) is 0 Å². The fourth-order valence-electron chi connectivity index (χ4n) is 3.26. The van der Waals surface area contributed by atoms with Crippen molar-refractivity contribution >= 4 is 0 Å². The highest BCUT2D eigenvalue weighted by Crippen LogP contribution is 2.11. The number of hydrogen-bond acceptors (Lipinski definition) is 0. The van der Waals surface area contributed by atoms with Gasteiger partial charge in [-0.1, -0.05) is 109 Å². The molecule has 0 aromatic rings. The standard InChI is InChI=1S/C25H48/c1-3-5-7-9-11-13-15-17-19-21-23-25-24-22-20-18-16-14-12-10-8-6-4-2/h13,15-16,18H,3-12,14,17,19-25H2,1-2H3. The quantitative estimate of drug-likeness (QED) is 0.152. The van der Waals surface area contributed by atoms with Crippen molar-refractivity contribution in [2.75, 3.05) is 0 Å². The van der Waals surface area contributed by atoms with Crippen molar-refractivity contribution in [2.24, 2.45) is 0 Å². The van der Waals surface area contributed by atoms with Crippen molar-refractivity contribution in [1.29, 1.82) is 0 Å². The summed E-state index contributed by atoms with van der Waals surface area (Å²) in [5, 5.41) is 0. The average molecular weight is 349 g/mol. The average Bonchev–Trinajstić information content (AvgIpc) is 2.63. The van der Waals surface area contributed by atoms with Crippen molar-refractivity contribution < 1.29 is 0 Å². The first-order chi connectivity index (χ1) is 12.4. The zero-order chi connectivity index (χ0) is 18.3. The lowest BCUT2D eigenvalue weighted by atomic mass is 10.1. The molecule has 0 heterocycles. The number of unbranched alkanes of at least 4 members (excludes halogenated alkanes) is 16. The van der Waals surface area contributed by atoms with E-state index in [1.165, 1.54) is 122 Å². The highest BCUT2D eigenvalue weighted by molar-refractivity contribution is 4.82. The van der Waals surface area contributed by atoms with Crippen LogP contribution in [0.15, 0.2) is 24.3 Å². The maximum absolute atomic E-state index is 2.42. The Bertz CT molecular complexity index is 274. The first-order valence-electron chi connectivity index (χ1n) is 11.7. The molecule has 0 saturated carbocycles.